The lowest BCUT2D eigenvalue weighted by Crippen LogP contribution is -2.29. The maximum absolute atomic E-state index is 12.2. The Morgan fingerprint density at radius 3 is 2.81 bits per heavy atom. The number of thiocarbonyl (C=S) groups is 1. The lowest BCUT2D eigenvalue weighted by molar-refractivity contribution is 0.559. The third kappa shape index (κ3) is 4.03. The summed E-state index contributed by atoms with van der Waals surface area (Å²) in [5.74, 6) is 0.0316. The van der Waals surface area contributed by atoms with E-state index in [-0.39, 0.29) is 16.6 Å². The molecule has 8 nitrogen and oxygen atoms in total. The molecule has 4 N–H and O–H groups in total. The van der Waals surface area contributed by atoms with Crippen LogP contribution in [0.5, 0.6) is 0 Å². The largest absolute Gasteiger partial charge is 0.389 e. The zero-order chi connectivity index (χ0) is 15.5. The number of nitrogens with one attached hydrogen (secondary N) is 2. The molecular weight excluding hydrogens is 312 g/mol. The highest BCUT2D eigenvalue weighted by Crippen LogP contribution is 2.14. The molecule has 1 aromatic heterocycles. The molecule has 112 valence electrons. The molecule has 0 saturated heterocycles. The Labute approximate surface area is 127 Å². The topological polar surface area (TPSA) is 127 Å². The second-order valence-electron chi connectivity index (χ2n) is 4.39. The van der Waals surface area contributed by atoms with Crippen LogP contribution >= 0.6 is 12.2 Å². The number of H-pyrrole nitrogens is 1. The highest BCUT2D eigenvalue weighted by atomic mass is 32.2. The van der Waals surface area contributed by atoms with E-state index in [4.69, 9.17) is 18.0 Å². The highest BCUT2D eigenvalue weighted by molar-refractivity contribution is 7.88. The quantitative estimate of drug-likeness (QED) is 0.638. The van der Waals surface area contributed by atoms with Gasteiger partial charge in [-0.25, -0.2) is 13.1 Å². The van der Waals surface area contributed by atoms with Crippen molar-refractivity contribution in [2.75, 3.05) is 0 Å². The number of benzene rings is 1. The SMILES string of the molecule is CC(NS(=O)(=O)Cc1ccccc1C(N)=S)c1nn[nH]n1. The molecule has 0 radical (unpaired) electrons. The molecule has 0 aliphatic heterocycles. The molecule has 0 fully saturated rings. The molecular formula is C11H14N6O2S2. The van der Waals surface area contributed by atoms with Crippen molar-refractivity contribution >= 4 is 27.2 Å². The lowest BCUT2D eigenvalue weighted by atomic mass is 10.1. The first-order valence-electron chi connectivity index (χ1n) is 6.00. The maximum Gasteiger partial charge on any atom is 0.216 e. The van der Waals surface area contributed by atoms with Crippen LogP contribution in [0.4, 0.5) is 0 Å². The van der Waals surface area contributed by atoms with Gasteiger partial charge in [-0.1, -0.05) is 41.7 Å². The minimum Gasteiger partial charge on any atom is -0.389 e. The molecule has 1 atom stereocenters. The second kappa shape index (κ2) is 6.24. The number of nitrogens with zero attached hydrogens (tertiary/aromatic N) is 3. The van der Waals surface area contributed by atoms with Crippen LogP contribution < -0.4 is 10.5 Å². The van der Waals surface area contributed by atoms with Gasteiger partial charge < -0.3 is 5.73 Å². The molecule has 1 aromatic carbocycles. The predicted octanol–water partition coefficient (Wildman–Crippen LogP) is 0.0145. The Hall–Kier alpha value is -1.91. The van der Waals surface area contributed by atoms with Crippen molar-refractivity contribution in [3.8, 4) is 0 Å². The van der Waals surface area contributed by atoms with Crippen LogP contribution in [0.1, 0.15) is 29.9 Å². The van der Waals surface area contributed by atoms with Crippen molar-refractivity contribution in [3.63, 3.8) is 0 Å². The van der Waals surface area contributed by atoms with Crippen LogP contribution in [-0.4, -0.2) is 34.0 Å². The molecule has 0 aliphatic rings. The van der Waals surface area contributed by atoms with Crippen LogP contribution in [-0.2, 0) is 15.8 Å². The standard InChI is InChI=1S/C11H14N6O2S2/c1-7(11-13-16-17-14-11)15-21(18,19)6-8-4-2-3-5-9(8)10(12)20/h2-5,7,15H,6H2,1H3,(H2,12,20)(H,13,14,16,17). The molecule has 0 saturated carbocycles. The highest BCUT2D eigenvalue weighted by Gasteiger charge is 2.20. The number of rotatable bonds is 6. The number of hydrogen-bond acceptors (Lipinski definition) is 6. The lowest BCUT2D eigenvalue weighted by Gasteiger charge is -2.12. The van der Waals surface area contributed by atoms with Crippen molar-refractivity contribution in [1.29, 1.82) is 0 Å². The van der Waals surface area contributed by atoms with Gasteiger partial charge in [0.25, 0.3) is 0 Å². The molecule has 0 bridgehead atoms. The molecule has 1 heterocycles. The summed E-state index contributed by atoms with van der Waals surface area (Å²) in [6.45, 7) is 1.63. The number of nitrogens with two attached hydrogens (primary N) is 1. The van der Waals surface area contributed by atoms with Gasteiger partial charge in [0.2, 0.25) is 10.0 Å². The summed E-state index contributed by atoms with van der Waals surface area (Å²) in [4.78, 5) is 0.159. The zero-order valence-corrected chi connectivity index (χ0v) is 12.8. The first-order chi connectivity index (χ1) is 9.89. The predicted molar refractivity (Wildman–Crippen MR) is 80.7 cm³/mol. The van der Waals surface area contributed by atoms with Gasteiger partial charge >= 0.3 is 0 Å². The molecule has 10 heteroatoms. The third-order valence-electron chi connectivity index (χ3n) is 2.73. The molecule has 0 aliphatic carbocycles. The molecule has 2 aromatic rings. The maximum atomic E-state index is 12.2. The number of hydrogen-bond donors (Lipinski definition) is 3. The smallest absolute Gasteiger partial charge is 0.216 e. The van der Waals surface area contributed by atoms with Gasteiger partial charge in [-0.15, -0.1) is 10.2 Å². The van der Waals surface area contributed by atoms with Gasteiger partial charge in [0.1, 0.15) is 4.99 Å². The summed E-state index contributed by atoms with van der Waals surface area (Å²) in [7, 11) is -3.60. The average molecular weight is 326 g/mol. The van der Waals surface area contributed by atoms with Crippen LogP contribution in [0.15, 0.2) is 24.3 Å². The van der Waals surface area contributed by atoms with E-state index in [0.717, 1.165) is 0 Å². The summed E-state index contributed by atoms with van der Waals surface area (Å²) in [6, 6.07) is 6.25. The fourth-order valence-electron chi connectivity index (χ4n) is 1.81. The monoisotopic (exact) mass is 326 g/mol. The summed E-state index contributed by atoms with van der Waals surface area (Å²) in [5, 5.41) is 13.1. The fourth-order valence-corrected chi connectivity index (χ4v) is 3.40. The van der Waals surface area contributed by atoms with Crippen LogP contribution in [0, 0.1) is 0 Å². The average Bonchev–Trinajstić information content (AvgIpc) is 2.91. The van der Waals surface area contributed by atoms with E-state index >= 15 is 0 Å². The molecule has 0 amide bonds. The van der Waals surface area contributed by atoms with Gasteiger partial charge in [0.05, 0.1) is 11.8 Å². The minimum atomic E-state index is -3.60. The first kappa shape index (κ1) is 15.5. The van der Waals surface area contributed by atoms with Crippen molar-refractivity contribution < 1.29 is 8.42 Å². The second-order valence-corrected chi connectivity index (χ2v) is 6.58. The van der Waals surface area contributed by atoms with E-state index in [2.05, 4.69) is 25.3 Å². The normalized spacial score (nSPS) is 13.0. The number of aromatic nitrogens is 4. The summed E-state index contributed by atoms with van der Waals surface area (Å²) < 4.78 is 26.9. The Kier molecular flexibility index (Phi) is 4.60. The van der Waals surface area contributed by atoms with Gasteiger partial charge in [-0.05, 0) is 12.5 Å². The van der Waals surface area contributed by atoms with Gasteiger partial charge in [0, 0.05) is 5.56 Å². The van der Waals surface area contributed by atoms with Crippen molar-refractivity contribution in [2.45, 2.75) is 18.7 Å². The van der Waals surface area contributed by atoms with Crippen molar-refractivity contribution in [1.82, 2.24) is 25.3 Å². The molecule has 0 spiro atoms. The van der Waals surface area contributed by atoms with E-state index in [1.807, 2.05) is 0 Å². The molecule has 21 heavy (non-hydrogen) atoms. The van der Waals surface area contributed by atoms with Crippen LogP contribution in [0.2, 0.25) is 0 Å². The fraction of sp³-hybridized carbons (Fsp3) is 0.273. The van der Waals surface area contributed by atoms with Gasteiger partial charge in [-0.3, -0.25) is 0 Å². The van der Waals surface area contributed by atoms with E-state index < -0.39 is 16.1 Å². The van der Waals surface area contributed by atoms with Crippen molar-refractivity contribution in [3.05, 3.63) is 41.2 Å². The van der Waals surface area contributed by atoms with Crippen molar-refractivity contribution in [2.24, 2.45) is 5.73 Å². The Morgan fingerprint density at radius 2 is 2.19 bits per heavy atom. The number of aromatic amines is 1. The third-order valence-corrected chi connectivity index (χ3v) is 4.36. The molecule has 1 unspecified atom stereocenters. The summed E-state index contributed by atoms with van der Waals surface area (Å²) in [5.41, 5.74) is 6.68. The summed E-state index contributed by atoms with van der Waals surface area (Å²) >= 11 is 4.92. The minimum absolute atomic E-state index is 0.159. The summed E-state index contributed by atoms with van der Waals surface area (Å²) in [6.07, 6.45) is 0. The Balaban J connectivity index is 2.17. The van der Waals surface area contributed by atoms with Crippen LogP contribution in [0.25, 0.3) is 0 Å². The number of tetrazole rings is 1. The Bertz CT molecular complexity index is 729. The van der Waals surface area contributed by atoms with Crippen LogP contribution in [0.3, 0.4) is 0 Å². The zero-order valence-electron chi connectivity index (χ0n) is 11.1. The Morgan fingerprint density at radius 1 is 1.48 bits per heavy atom. The van der Waals surface area contributed by atoms with E-state index in [1.54, 1.807) is 31.2 Å². The van der Waals surface area contributed by atoms with Gasteiger partial charge in [0.15, 0.2) is 5.82 Å². The number of sulfonamides is 1. The molecule has 2 rings (SSSR count). The van der Waals surface area contributed by atoms with Gasteiger partial charge in [-0.2, -0.15) is 5.21 Å². The first-order valence-corrected chi connectivity index (χ1v) is 8.06. The van der Waals surface area contributed by atoms with E-state index in [1.165, 1.54) is 0 Å². The van der Waals surface area contributed by atoms with E-state index in [0.29, 0.717) is 11.1 Å². The van der Waals surface area contributed by atoms with E-state index in [9.17, 15) is 8.42 Å².